The van der Waals surface area contributed by atoms with Gasteiger partial charge >= 0.3 is 6.03 Å². The third kappa shape index (κ3) is 4.57. The van der Waals surface area contributed by atoms with E-state index in [4.69, 9.17) is 4.52 Å². The van der Waals surface area contributed by atoms with Crippen LogP contribution in [0.3, 0.4) is 0 Å². The summed E-state index contributed by atoms with van der Waals surface area (Å²) in [5.41, 5.74) is 1.37. The fraction of sp³-hybridized carbons (Fsp3) is 0.357. The number of aliphatic hydroxyl groups excluding tert-OH is 1. The van der Waals surface area contributed by atoms with E-state index in [1.165, 1.54) is 0 Å². The van der Waals surface area contributed by atoms with Crippen LogP contribution in [0.4, 0.5) is 10.5 Å². The summed E-state index contributed by atoms with van der Waals surface area (Å²) in [6.45, 7) is 3.79. The summed E-state index contributed by atoms with van der Waals surface area (Å²) in [4.78, 5) is 15.8. The Kier molecular flexibility index (Phi) is 4.89. The summed E-state index contributed by atoms with van der Waals surface area (Å²) < 4.78 is 4.84. The SMILES string of the molecule is Cc1nc(CCNC(=O)Nc2cccc(C(C)O)c2)no1. The fourth-order valence-electron chi connectivity index (χ4n) is 1.78. The summed E-state index contributed by atoms with van der Waals surface area (Å²) in [6, 6.07) is 6.74. The summed E-state index contributed by atoms with van der Waals surface area (Å²) in [6.07, 6.45) is -0.0744. The molecule has 112 valence electrons. The Morgan fingerprint density at radius 1 is 1.48 bits per heavy atom. The van der Waals surface area contributed by atoms with Crippen molar-refractivity contribution in [3.05, 3.63) is 41.5 Å². The molecule has 2 rings (SSSR count). The van der Waals surface area contributed by atoms with Gasteiger partial charge in [-0.05, 0) is 24.6 Å². The normalized spacial score (nSPS) is 12.0. The van der Waals surface area contributed by atoms with Gasteiger partial charge in [0.25, 0.3) is 0 Å². The van der Waals surface area contributed by atoms with Crippen molar-refractivity contribution in [2.24, 2.45) is 0 Å². The zero-order valence-corrected chi connectivity index (χ0v) is 12.0. The van der Waals surface area contributed by atoms with Crippen LogP contribution in [0.25, 0.3) is 0 Å². The Bertz CT molecular complexity index is 610. The number of nitrogens with one attached hydrogen (secondary N) is 2. The lowest BCUT2D eigenvalue weighted by molar-refractivity contribution is 0.199. The molecular formula is C14H18N4O3. The highest BCUT2D eigenvalue weighted by atomic mass is 16.5. The Morgan fingerprint density at radius 3 is 2.95 bits per heavy atom. The van der Waals surface area contributed by atoms with E-state index in [-0.39, 0.29) is 6.03 Å². The third-order valence-electron chi connectivity index (χ3n) is 2.83. The largest absolute Gasteiger partial charge is 0.389 e. The van der Waals surface area contributed by atoms with E-state index in [1.54, 1.807) is 38.1 Å². The molecule has 21 heavy (non-hydrogen) atoms. The number of hydrogen-bond donors (Lipinski definition) is 3. The molecule has 0 saturated carbocycles. The molecule has 1 aromatic carbocycles. The fourth-order valence-corrected chi connectivity index (χ4v) is 1.78. The molecular weight excluding hydrogens is 272 g/mol. The second-order valence-corrected chi connectivity index (χ2v) is 4.66. The van der Waals surface area contributed by atoms with Crippen LogP contribution in [-0.4, -0.2) is 27.8 Å². The van der Waals surface area contributed by atoms with Gasteiger partial charge in [0.2, 0.25) is 5.89 Å². The predicted octanol–water partition coefficient (Wildman–Crippen LogP) is 1.80. The van der Waals surface area contributed by atoms with Crippen LogP contribution in [0.1, 0.15) is 30.3 Å². The monoisotopic (exact) mass is 290 g/mol. The van der Waals surface area contributed by atoms with Crippen molar-refractivity contribution < 1.29 is 14.4 Å². The smallest absolute Gasteiger partial charge is 0.319 e. The molecule has 3 N–H and O–H groups in total. The van der Waals surface area contributed by atoms with Crippen molar-refractivity contribution in [3.8, 4) is 0 Å². The topological polar surface area (TPSA) is 100 Å². The van der Waals surface area contributed by atoms with E-state index in [0.717, 1.165) is 5.56 Å². The molecule has 2 aromatic rings. The second-order valence-electron chi connectivity index (χ2n) is 4.66. The minimum atomic E-state index is -0.573. The van der Waals surface area contributed by atoms with Gasteiger partial charge in [0.15, 0.2) is 5.82 Å². The second kappa shape index (κ2) is 6.85. The Balaban J connectivity index is 1.80. The maximum absolute atomic E-state index is 11.7. The van der Waals surface area contributed by atoms with Gasteiger partial charge in [-0.2, -0.15) is 4.98 Å². The lowest BCUT2D eigenvalue weighted by Gasteiger charge is -2.09. The standard InChI is InChI=1S/C14H18N4O3/c1-9(19)11-4-3-5-12(8-11)17-14(20)15-7-6-13-16-10(2)21-18-13/h3-5,8-9,19H,6-7H2,1-2H3,(H2,15,17,20). The van der Waals surface area contributed by atoms with Crippen LogP contribution in [-0.2, 0) is 6.42 Å². The van der Waals surface area contributed by atoms with Gasteiger partial charge in [-0.15, -0.1) is 0 Å². The number of carbonyl (C=O) groups excluding carboxylic acids is 1. The Hall–Kier alpha value is -2.41. The molecule has 0 saturated heterocycles. The van der Waals surface area contributed by atoms with Gasteiger partial charge in [-0.1, -0.05) is 17.3 Å². The number of amides is 2. The first-order valence-corrected chi connectivity index (χ1v) is 6.66. The molecule has 0 aliphatic rings. The number of aromatic nitrogens is 2. The molecule has 0 fully saturated rings. The number of nitrogens with zero attached hydrogens (tertiary/aromatic N) is 2. The van der Waals surface area contributed by atoms with E-state index in [9.17, 15) is 9.90 Å². The number of urea groups is 1. The van der Waals surface area contributed by atoms with Crippen molar-refractivity contribution >= 4 is 11.7 Å². The molecule has 0 bridgehead atoms. The molecule has 1 atom stereocenters. The molecule has 0 aliphatic carbocycles. The van der Waals surface area contributed by atoms with Crippen molar-refractivity contribution in [2.45, 2.75) is 26.4 Å². The maximum atomic E-state index is 11.7. The number of rotatable bonds is 5. The highest BCUT2D eigenvalue weighted by Gasteiger charge is 2.06. The van der Waals surface area contributed by atoms with E-state index in [2.05, 4.69) is 20.8 Å². The average Bonchev–Trinajstić information content (AvgIpc) is 2.84. The van der Waals surface area contributed by atoms with Gasteiger partial charge in [-0.3, -0.25) is 0 Å². The summed E-state index contributed by atoms with van der Waals surface area (Å²) in [7, 11) is 0. The lowest BCUT2D eigenvalue weighted by atomic mass is 10.1. The first-order valence-electron chi connectivity index (χ1n) is 6.66. The lowest BCUT2D eigenvalue weighted by Crippen LogP contribution is -2.30. The molecule has 7 heteroatoms. The maximum Gasteiger partial charge on any atom is 0.319 e. The quantitative estimate of drug-likeness (QED) is 0.779. The van der Waals surface area contributed by atoms with E-state index in [0.29, 0.717) is 30.4 Å². The summed E-state index contributed by atoms with van der Waals surface area (Å²) >= 11 is 0. The van der Waals surface area contributed by atoms with Crippen molar-refractivity contribution in [1.29, 1.82) is 0 Å². The Labute approximate surface area is 122 Å². The van der Waals surface area contributed by atoms with Crippen LogP contribution in [0, 0.1) is 6.92 Å². The molecule has 1 unspecified atom stereocenters. The molecule has 0 aliphatic heterocycles. The Morgan fingerprint density at radius 2 is 2.29 bits per heavy atom. The van der Waals surface area contributed by atoms with Crippen molar-refractivity contribution in [2.75, 3.05) is 11.9 Å². The van der Waals surface area contributed by atoms with Crippen LogP contribution >= 0.6 is 0 Å². The number of anilines is 1. The van der Waals surface area contributed by atoms with Gasteiger partial charge in [-0.25, -0.2) is 4.79 Å². The predicted molar refractivity (Wildman–Crippen MR) is 76.8 cm³/mol. The van der Waals surface area contributed by atoms with Gasteiger partial charge in [0, 0.05) is 25.6 Å². The first-order chi connectivity index (χ1) is 10.0. The molecule has 1 aromatic heterocycles. The van der Waals surface area contributed by atoms with Gasteiger partial charge in [0.1, 0.15) is 0 Å². The molecule has 1 heterocycles. The van der Waals surface area contributed by atoms with Crippen LogP contribution < -0.4 is 10.6 Å². The number of benzene rings is 1. The van der Waals surface area contributed by atoms with Crippen molar-refractivity contribution in [3.63, 3.8) is 0 Å². The van der Waals surface area contributed by atoms with E-state index < -0.39 is 6.10 Å². The zero-order valence-electron chi connectivity index (χ0n) is 12.0. The molecule has 7 nitrogen and oxygen atoms in total. The average molecular weight is 290 g/mol. The third-order valence-corrected chi connectivity index (χ3v) is 2.83. The number of aliphatic hydroxyl groups is 1. The summed E-state index contributed by atoms with van der Waals surface area (Å²) in [5, 5.41) is 18.6. The minimum absolute atomic E-state index is 0.321. The van der Waals surface area contributed by atoms with Crippen LogP contribution in [0.15, 0.2) is 28.8 Å². The van der Waals surface area contributed by atoms with Gasteiger partial charge in [0.05, 0.1) is 6.10 Å². The minimum Gasteiger partial charge on any atom is -0.389 e. The molecule has 0 spiro atoms. The molecule has 0 radical (unpaired) electrons. The number of aryl methyl sites for hydroxylation is 1. The number of hydrogen-bond acceptors (Lipinski definition) is 5. The van der Waals surface area contributed by atoms with Crippen LogP contribution in [0.5, 0.6) is 0 Å². The van der Waals surface area contributed by atoms with Crippen LogP contribution in [0.2, 0.25) is 0 Å². The highest BCUT2D eigenvalue weighted by Crippen LogP contribution is 2.16. The van der Waals surface area contributed by atoms with Gasteiger partial charge < -0.3 is 20.3 Å². The zero-order chi connectivity index (χ0) is 15.2. The highest BCUT2D eigenvalue weighted by molar-refractivity contribution is 5.89. The van der Waals surface area contributed by atoms with E-state index >= 15 is 0 Å². The summed E-state index contributed by atoms with van der Waals surface area (Å²) in [5.74, 6) is 1.06. The molecule has 2 amide bonds. The van der Waals surface area contributed by atoms with E-state index in [1.807, 2.05) is 0 Å². The first kappa shape index (κ1) is 15.0. The number of carbonyl (C=O) groups is 1. The van der Waals surface area contributed by atoms with Crippen molar-refractivity contribution in [1.82, 2.24) is 15.5 Å².